The summed E-state index contributed by atoms with van der Waals surface area (Å²) in [5.41, 5.74) is 0. The van der Waals surface area contributed by atoms with E-state index in [0.717, 1.165) is 44.9 Å². The normalized spacial score (nSPS) is 18.1. The number of esters is 1. The first-order chi connectivity index (χ1) is 15.5. The highest BCUT2D eigenvalue weighted by molar-refractivity contribution is 5.89. The number of ether oxygens (including phenoxy) is 2. The Kier molecular flexibility index (Phi) is 16.3. The highest BCUT2D eigenvalue weighted by Crippen LogP contribution is 2.29. The largest absolute Gasteiger partial charge is 0.499 e. The van der Waals surface area contributed by atoms with Gasteiger partial charge >= 0.3 is 5.97 Å². The minimum Gasteiger partial charge on any atom is -0.499 e. The summed E-state index contributed by atoms with van der Waals surface area (Å²) in [4.78, 5) is 11.7. The van der Waals surface area contributed by atoms with Gasteiger partial charge in [-0.05, 0) is 25.7 Å². The van der Waals surface area contributed by atoms with Crippen LogP contribution in [0.3, 0.4) is 0 Å². The zero-order chi connectivity index (χ0) is 23.6. The molecule has 1 rings (SSSR count). The zero-order valence-corrected chi connectivity index (χ0v) is 20.5. The first-order valence-corrected chi connectivity index (χ1v) is 13.1. The molecule has 3 atom stereocenters. The molecule has 0 amide bonds. The fourth-order valence-electron chi connectivity index (χ4n) is 4.21. The fraction of sp³-hybridized carbons (Fsp3) is 0.885. The summed E-state index contributed by atoms with van der Waals surface area (Å²) in [5.74, 6) is -1.52. The molecule has 32 heavy (non-hydrogen) atoms. The number of aliphatic hydroxyl groups excluding tert-OH is 3. The standard InChI is InChI=1S/C26H48O6/c1-3-5-7-8-9-10-11-12-13-14-15-17-19-21(18-16-6-4-2)31-25-23(29)26(30)32-24(25)22(28)20-27/h21-22,24,27-29H,3-20H2,1-2H3/t21?,22-,24+/m0/s1. The van der Waals surface area contributed by atoms with Crippen LogP contribution in [-0.2, 0) is 14.3 Å². The van der Waals surface area contributed by atoms with Gasteiger partial charge in [0.2, 0.25) is 5.76 Å². The molecule has 0 aromatic heterocycles. The summed E-state index contributed by atoms with van der Waals surface area (Å²) >= 11 is 0. The number of carbonyl (C=O) groups excluding carboxylic acids is 1. The number of carbonyl (C=O) groups is 1. The summed E-state index contributed by atoms with van der Waals surface area (Å²) in [5, 5.41) is 29.2. The van der Waals surface area contributed by atoms with Crippen molar-refractivity contribution in [3.63, 3.8) is 0 Å². The van der Waals surface area contributed by atoms with Crippen molar-refractivity contribution in [1.82, 2.24) is 0 Å². The minimum absolute atomic E-state index is 0.0306. The molecule has 0 fully saturated rings. The van der Waals surface area contributed by atoms with Crippen molar-refractivity contribution in [3.05, 3.63) is 11.5 Å². The maximum atomic E-state index is 11.7. The maximum absolute atomic E-state index is 11.7. The van der Waals surface area contributed by atoms with Gasteiger partial charge in [0.1, 0.15) is 6.10 Å². The summed E-state index contributed by atoms with van der Waals surface area (Å²) in [6.07, 6.45) is 17.8. The highest BCUT2D eigenvalue weighted by Gasteiger charge is 2.41. The first-order valence-electron chi connectivity index (χ1n) is 13.1. The Morgan fingerprint density at radius 3 is 1.75 bits per heavy atom. The molecule has 1 aliphatic heterocycles. The van der Waals surface area contributed by atoms with Gasteiger partial charge in [-0.25, -0.2) is 4.79 Å². The van der Waals surface area contributed by atoms with Gasteiger partial charge in [-0.1, -0.05) is 97.3 Å². The highest BCUT2D eigenvalue weighted by atomic mass is 16.6. The molecule has 0 spiro atoms. The van der Waals surface area contributed by atoms with E-state index in [2.05, 4.69) is 13.8 Å². The summed E-state index contributed by atoms with van der Waals surface area (Å²) in [7, 11) is 0. The van der Waals surface area contributed by atoms with Crippen molar-refractivity contribution in [3.8, 4) is 0 Å². The van der Waals surface area contributed by atoms with Gasteiger partial charge in [-0.2, -0.15) is 0 Å². The average Bonchev–Trinajstić information content (AvgIpc) is 3.07. The predicted molar refractivity (Wildman–Crippen MR) is 127 cm³/mol. The van der Waals surface area contributed by atoms with Gasteiger partial charge in [-0.3, -0.25) is 0 Å². The van der Waals surface area contributed by atoms with Gasteiger partial charge in [0.15, 0.2) is 11.9 Å². The van der Waals surface area contributed by atoms with Gasteiger partial charge in [0.25, 0.3) is 0 Å². The molecule has 6 heteroatoms. The second-order valence-electron chi connectivity index (χ2n) is 9.20. The average molecular weight is 457 g/mol. The Balaban J connectivity index is 2.33. The summed E-state index contributed by atoms with van der Waals surface area (Å²) in [6, 6.07) is 0. The molecule has 0 aromatic rings. The monoisotopic (exact) mass is 456 g/mol. The van der Waals surface area contributed by atoms with Crippen LogP contribution in [0, 0.1) is 0 Å². The van der Waals surface area contributed by atoms with Crippen LogP contribution in [0.25, 0.3) is 0 Å². The molecule has 0 aromatic carbocycles. The molecule has 188 valence electrons. The Morgan fingerprint density at radius 1 is 0.812 bits per heavy atom. The number of aliphatic hydroxyl groups is 3. The molecule has 6 nitrogen and oxygen atoms in total. The molecule has 1 unspecified atom stereocenters. The number of unbranched alkanes of at least 4 members (excludes halogenated alkanes) is 13. The van der Waals surface area contributed by atoms with E-state index in [0.29, 0.717) is 0 Å². The van der Waals surface area contributed by atoms with Gasteiger partial charge in [0.05, 0.1) is 12.7 Å². The molecular weight excluding hydrogens is 408 g/mol. The third-order valence-corrected chi connectivity index (χ3v) is 6.26. The SMILES string of the molecule is CCCCCCCCCCCCCCC(CCCCC)OC1=C(O)C(=O)O[C@@H]1[C@@H](O)CO. The number of hydrogen-bond acceptors (Lipinski definition) is 6. The lowest BCUT2D eigenvalue weighted by Crippen LogP contribution is -2.33. The van der Waals surface area contributed by atoms with Crippen LogP contribution in [0.4, 0.5) is 0 Å². The van der Waals surface area contributed by atoms with E-state index in [-0.39, 0.29) is 11.9 Å². The molecule has 0 saturated carbocycles. The van der Waals surface area contributed by atoms with E-state index < -0.39 is 30.5 Å². The van der Waals surface area contributed by atoms with Crippen LogP contribution >= 0.6 is 0 Å². The van der Waals surface area contributed by atoms with Crippen molar-refractivity contribution in [2.24, 2.45) is 0 Å². The minimum atomic E-state index is -1.30. The molecule has 3 N–H and O–H groups in total. The molecule has 0 radical (unpaired) electrons. The molecule has 0 saturated heterocycles. The third-order valence-electron chi connectivity index (χ3n) is 6.26. The Bertz CT molecular complexity index is 518. The second-order valence-corrected chi connectivity index (χ2v) is 9.20. The van der Waals surface area contributed by atoms with E-state index >= 15 is 0 Å². The van der Waals surface area contributed by atoms with Crippen LogP contribution < -0.4 is 0 Å². The van der Waals surface area contributed by atoms with E-state index in [1.54, 1.807) is 0 Å². The second kappa shape index (κ2) is 18.2. The molecule has 0 aliphatic carbocycles. The summed E-state index contributed by atoms with van der Waals surface area (Å²) < 4.78 is 11.0. The van der Waals surface area contributed by atoms with Crippen LogP contribution in [0.1, 0.15) is 123 Å². The van der Waals surface area contributed by atoms with E-state index in [4.69, 9.17) is 9.47 Å². The molecule has 1 aliphatic rings. The van der Waals surface area contributed by atoms with Crippen molar-refractivity contribution in [1.29, 1.82) is 0 Å². The maximum Gasteiger partial charge on any atom is 0.378 e. The quantitative estimate of drug-likeness (QED) is 0.143. The lowest BCUT2D eigenvalue weighted by molar-refractivity contribution is -0.148. The van der Waals surface area contributed by atoms with E-state index in [1.807, 2.05) is 0 Å². The predicted octanol–water partition coefficient (Wildman–Crippen LogP) is 6.09. The third kappa shape index (κ3) is 11.6. The number of hydrogen-bond donors (Lipinski definition) is 3. The summed E-state index contributed by atoms with van der Waals surface area (Å²) in [6.45, 7) is 3.83. The van der Waals surface area contributed by atoms with Gasteiger partial charge < -0.3 is 24.8 Å². The van der Waals surface area contributed by atoms with Gasteiger partial charge in [-0.15, -0.1) is 0 Å². The molecule has 0 bridgehead atoms. The lowest BCUT2D eigenvalue weighted by atomic mass is 10.0. The fourth-order valence-corrected chi connectivity index (χ4v) is 4.21. The first kappa shape index (κ1) is 28.8. The molecular formula is C26H48O6. The van der Waals surface area contributed by atoms with E-state index in [1.165, 1.54) is 64.2 Å². The Morgan fingerprint density at radius 2 is 1.25 bits per heavy atom. The van der Waals surface area contributed by atoms with Crippen LogP contribution in [0.2, 0.25) is 0 Å². The van der Waals surface area contributed by atoms with E-state index in [9.17, 15) is 20.1 Å². The smallest absolute Gasteiger partial charge is 0.378 e. The van der Waals surface area contributed by atoms with Crippen molar-refractivity contribution >= 4 is 5.97 Å². The van der Waals surface area contributed by atoms with Crippen LogP contribution in [0.5, 0.6) is 0 Å². The van der Waals surface area contributed by atoms with Crippen molar-refractivity contribution < 1.29 is 29.6 Å². The van der Waals surface area contributed by atoms with Crippen molar-refractivity contribution in [2.45, 2.75) is 141 Å². The van der Waals surface area contributed by atoms with Crippen LogP contribution in [-0.4, -0.2) is 46.2 Å². The number of cyclic esters (lactones) is 1. The number of rotatable bonds is 21. The Labute approximate surface area is 195 Å². The van der Waals surface area contributed by atoms with Gasteiger partial charge in [0, 0.05) is 0 Å². The topological polar surface area (TPSA) is 96.2 Å². The zero-order valence-electron chi connectivity index (χ0n) is 20.5. The van der Waals surface area contributed by atoms with Crippen molar-refractivity contribution in [2.75, 3.05) is 6.61 Å². The molecule has 1 heterocycles. The van der Waals surface area contributed by atoms with Crippen LogP contribution in [0.15, 0.2) is 11.5 Å². The lowest BCUT2D eigenvalue weighted by Gasteiger charge is -2.24. The Hall–Kier alpha value is -1.27.